The fourth-order valence-electron chi connectivity index (χ4n) is 7.27. The van der Waals surface area contributed by atoms with Gasteiger partial charge in [-0.3, -0.25) is 0 Å². The van der Waals surface area contributed by atoms with E-state index < -0.39 is 0 Å². The lowest BCUT2D eigenvalue weighted by atomic mass is 9.57. The van der Waals surface area contributed by atoms with Crippen molar-refractivity contribution < 1.29 is 14.6 Å². The van der Waals surface area contributed by atoms with E-state index >= 15 is 0 Å². The van der Waals surface area contributed by atoms with Gasteiger partial charge >= 0.3 is 0 Å². The molecule has 5 saturated carbocycles. The number of aliphatic hydroxyl groups excluding tert-OH is 1. The van der Waals surface area contributed by atoms with E-state index in [9.17, 15) is 5.11 Å². The smallest absolute Gasteiger partial charge is 0.175 e. The van der Waals surface area contributed by atoms with E-state index in [1.165, 1.54) is 6.42 Å². The van der Waals surface area contributed by atoms with Gasteiger partial charge in [-0.1, -0.05) is 0 Å². The second kappa shape index (κ2) is 2.00. The van der Waals surface area contributed by atoms with Crippen molar-refractivity contribution >= 4 is 0 Å². The summed E-state index contributed by atoms with van der Waals surface area (Å²) in [7, 11) is 0. The first kappa shape index (κ1) is 8.06. The van der Waals surface area contributed by atoms with Crippen molar-refractivity contribution in [2.45, 2.75) is 18.3 Å². The molecule has 1 heterocycles. The fraction of sp³-hybridized carbons (Fsp3) is 1.00. The third-order valence-corrected chi connectivity index (χ3v) is 7.08. The van der Waals surface area contributed by atoms with Crippen LogP contribution in [-0.4, -0.2) is 30.2 Å². The molecule has 3 heteroatoms. The van der Waals surface area contributed by atoms with Crippen LogP contribution in [0.25, 0.3) is 0 Å². The summed E-state index contributed by atoms with van der Waals surface area (Å²) < 4.78 is 12.2. The molecule has 1 aliphatic heterocycles. The summed E-state index contributed by atoms with van der Waals surface area (Å²) in [4.78, 5) is 0. The summed E-state index contributed by atoms with van der Waals surface area (Å²) in [6.07, 6.45) is 1.34. The van der Waals surface area contributed by atoms with Crippen molar-refractivity contribution in [3.8, 4) is 0 Å². The minimum absolute atomic E-state index is 0.0211. The first-order chi connectivity index (χ1) is 7.84. The van der Waals surface area contributed by atoms with Crippen molar-refractivity contribution in [3.63, 3.8) is 0 Å². The Morgan fingerprint density at radius 3 is 2.50 bits per heavy atom. The zero-order valence-electron chi connectivity index (χ0n) is 9.08. The van der Waals surface area contributed by atoms with Gasteiger partial charge in [-0.05, 0) is 41.9 Å². The predicted molar refractivity (Wildman–Crippen MR) is 53.2 cm³/mol. The van der Waals surface area contributed by atoms with E-state index in [2.05, 4.69) is 0 Å². The molecule has 6 rings (SSSR count). The van der Waals surface area contributed by atoms with Gasteiger partial charge in [0.05, 0.1) is 19.3 Å². The molecule has 16 heavy (non-hydrogen) atoms. The number of rotatable bonds is 0. The minimum Gasteiger partial charge on any atom is -0.393 e. The Hall–Kier alpha value is -0.120. The number of hydrogen-bond acceptors (Lipinski definition) is 3. The molecule has 1 N–H and O–H groups in total. The summed E-state index contributed by atoms with van der Waals surface area (Å²) in [6.45, 7) is 1.55. The Morgan fingerprint density at radius 2 is 1.69 bits per heavy atom. The molecule has 3 nitrogen and oxygen atoms in total. The standard InChI is InChI=1S/C13H16O3/c14-12-8-4-3-5-7-6(4)9(12)11(7)13(10(5)8)15-1-2-16-13/h4-12,14H,1-3H2/t4-,5+,6+,7+,8-,9+,10+,11-,12-/m0/s1. The normalized spacial score (nSPS) is 74.4. The van der Waals surface area contributed by atoms with Crippen molar-refractivity contribution in [1.82, 2.24) is 0 Å². The molecule has 0 aromatic rings. The van der Waals surface area contributed by atoms with Crippen LogP contribution >= 0.6 is 0 Å². The van der Waals surface area contributed by atoms with Crippen LogP contribution in [0.2, 0.25) is 0 Å². The molecule has 1 spiro atoms. The third kappa shape index (κ3) is 0.485. The molecule has 6 aliphatic rings. The Labute approximate surface area is 94.1 Å². The van der Waals surface area contributed by atoms with Crippen LogP contribution in [0, 0.1) is 47.3 Å². The van der Waals surface area contributed by atoms with Crippen molar-refractivity contribution in [2.75, 3.05) is 13.2 Å². The van der Waals surface area contributed by atoms with E-state index in [1.54, 1.807) is 0 Å². The van der Waals surface area contributed by atoms with E-state index in [1.807, 2.05) is 0 Å². The Kier molecular flexibility index (Phi) is 1.01. The lowest BCUT2D eigenvalue weighted by Gasteiger charge is -2.52. The maximum atomic E-state index is 10.4. The summed E-state index contributed by atoms with van der Waals surface area (Å²) in [5.41, 5.74) is 0. The molecule has 0 radical (unpaired) electrons. The van der Waals surface area contributed by atoms with Crippen molar-refractivity contribution in [3.05, 3.63) is 0 Å². The molecular weight excluding hydrogens is 204 g/mol. The quantitative estimate of drug-likeness (QED) is 0.645. The van der Waals surface area contributed by atoms with E-state index in [0.29, 0.717) is 23.7 Å². The SMILES string of the molecule is O[C@@H]1[C@@H]2[C@@H]3[C@@H]4C[C@@H]5[C@H]3[C@@H]2C2(OCCO2)[C@H]5[C@@H]14. The van der Waals surface area contributed by atoms with Gasteiger partial charge in [-0.15, -0.1) is 0 Å². The Bertz CT molecular complexity index is 402. The maximum absolute atomic E-state index is 10.4. The topological polar surface area (TPSA) is 38.7 Å². The summed E-state index contributed by atoms with van der Waals surface area (Å²) in [6, 6.07) is 0. The molecule has 2 bridgehead atoms. The number of ether oxygens (including phenoxy) is 2. The highest BCUT2D eigenvalue weighted by atomic mass is 16.7. The van der Waals surface area contributed by atoms with Gasteiger partial charge in [-0.2, -0.15) is 0 Å². The molecule has 86 valence electrons. The van der Waals surface area contributed by atoms with Gasteiger partial charge in [0.1, 0.15) is 0 Å². The Morgan fingerprint density at radius 1 is 0.875 bits per heavy atom. The van der Waals surface area contributed by atoms with E-state index in [4.69, 9.17) is 9.47 Å². The minimum atomic E-state index is -0.231. The molecule has 0 aromatic carbocycles. The zero-order chi connectivity index (χ0) is 10.2. The fourth-order valence-corrected chi connectivity index (χ4v) is 7.27. The average molecular weight is 220 g/mol. The second-order valence-corrected chi connectivity index (χ2v) is 6.83. The molecule has 0 aromatic heterocycles. The number of aliphatic hydroxyl groups is 1. The van der Waals surface area contributed by atoms with E-state index in [-0.39, 0.29) is 11.9 Å². The predicted octanol–water partition coefficient (Wildman–Crippen LogP) is 0.478. The lowest BCUT2D eigenvalue weighted by Crippen LogP contribution is -2.59. The third-order valence-electron chi connectivity index (χ3n) is 7.08. The first-order valence-electron chi connectivity index (χ1n) is 6.80. The van der Waals surface area contributed by atoms with Gasteiger partial charge in [-0.25, -0.2) is 0 Å². The van der Waals surface area contributed by atoms with Gasteiger partial charge in [0.2, 0.25) is 0 Å². The lowest BCUT2D eigenvalue weighted by molar-refractivity contribution is -0.277. The van der Waals surface area contributed by atoms with Gasteiger partial charge in [0.25, 0.3) is 0 Å². The molecule has 0 amide bonds. The van der Waals surface area contributed by atoms with E-state index in [0.717, 1.165) is 36.9 Å². The van der Waals surface area contributed by atoms with Crippen LogP contribution in [0.5, 0.6) is 0 Å². The summed E-state index contributed by atoms with van der Waals surface area (Å²) in [5.74, 6) is 5.26. The molecule has 0 unspecified atom stereocenters. The van der Waals surface area contributed by atoms with Crippen LogP contribution in [0.15, 0.2) is 0 Å². The second-order valence-electron chi connectivity index (χ2n) is 6.83. The number of hydrogen-bond donors (Lipinski definition) is 1. The zero-order valence-corrected chi connectivity index (χ0v) is 9.08. The van der Waals surface area contributed by atoms with Crippen molar-refractivity contribution in [2.24, 2.45) is 47.3 Å². The van der Waals surface area contributed by atoms with Crippen LogP contribution in [0.1, 0.15) is 6.42 Å². The van der Waals surface area contributed by atoms with Crippen LogP contribution in [0.3, 0.4) is 0 Å². The highest BCUT2D eigenvalue weighted by Crippen LogP contribution is 2.86. The molecule has 1 saturated heterocycles. The van der Waals surface area contributed by atoms with Crippen molar-refractivity contribution in [1.29, 1.82) is 0 Å². The molecule has 5 aliphatic carbocycles. The highest BCUT2D eigenvalue weighted by Gasteiger charge is 2.89. The van der Waals surface area contributed by atoms with Gasteiger partial charge < -0.3 is 14.6 Å². The Balaban J connectivity index is 1.64. The van der Waals surface area contributed by atoms with Crippen LogP contribution in [-0.2, 0) is 9.47 Å². The molecular formula is C13H16O3. The monoisotopic (exact) mass is 220 g/mol. The number of fused-ring (bicyclic) bond motifs is 4. The summed E-state index contributed by atoms with van der Waals surface area (Å²) in [5, 5.41) is 10.4. The van der Waals surface area contributed by atoms with Gasteiger partial charge in [0, 0.05) is 11.8 Å². The first-order valence-corrected chi connectivity index (χ1v) is 6.80. The average Bonchev–Trinajstić information content (AvgIpc) is 2.87. The van der Waals surface area contributed by atoms with Gasteiger partial charge in [0.15, 0.2) is 5.79 Å². The molecule has 6 fully saturated rings. The maximum Gasteiger partial charge on any atom is 0.175 e. The largest absolute Gasteiger partial charge is 0.393 e. The van der Waals surface area contributed by atoms with Crippen LogP contribution in [0.4, 0.5) is 0 Å². The highest BCUT2D eigenvalue weighted by molar-refractivity contribution is 5.33. The summed E-state index contributed by atoms with van der Waals surface area (Å²) >= 11 is 0. The van der Waals surface area contributed by atoms with Crippen LogP contribution < -0.4 is 0 Å². The molecule has 9 atom stereocenters.